The molecular weight excluding hydrogens is 322 g/mol. The summed E-state index contributed by atoms with van der Waals surface area (Å²) in [7, 11) is 0. The van der Waals surface area contributed by atoms with Gasteiger partial charge in [0.15, 0.2) is 0 Å². The summed E-state index contributed by atoms with van der Waals surface area (Å²) < 4.78 is 0.847. The Bertz CT molecular complexity index is 732. The Morgan fingerprint density at radius 2 is 1.75 bits per heavy atom. The van der Waals surface area contributed by atoms with E-state index in [1.54, 1.807) is 24.3 Å². The first kappa shape index (κ1) is 13.0. The molecule has 0 aliphatic carbocycles. The molecule has 0 aromatic heterocycles. The van der Waals surface area contributed by atoms with E-state index in [0.717, 1.165) is 14.8 Å². The lowest BCUT2D eigenvalue weighted by atomic mass is 9.94. The molecule has 0 N–H and O–H groups in total. The van der Waals surface area contributed by atoms with Crippen molar-refractivity contribution in [2.24, 2.45) is 0 Å². The van der Waals surface area contributed by atoms with Gasteiger partial charge in [0.05, 0.1) is 0 Å². The van der Waals surface area contributed by atoms with Crippen LogP contribution in [-0.2, 0) is 4.79 Å². The summed E-state index contributed by atoms with van der Waals surface area (Å²) in [6.07, 6.45) is 0.859. The number of hydrogen-bond acceptors (Lipinski definition) is 3. The zero-order valence-corrected chi connectivity index (χ0v) is 12.0. The van der Waals surface area contributed by atoms with Crippen molar-refractivity contribution < 1.29 is 14.4 Å². The van der Waals surface area contributed by atoms with Crippen LogP contribution in [0.1, 0.15) is 27.1 Å². The zero-order chi connectivity index (χ0) is 14.3. The quantitative estimate of drug-likeness (QED) is 0.642. The molecule has 0 atom stereocenters. The highest BCUT2D eigenvalue weighted by Gasteiger charge is 2.32. The summed E-state index contributed by atoms with van der Waals surface area (Å²) in [4.78, 5) is 36.4. The van der Waals surface area contributed by atoms with Gasteiger partial charge in [0, 0.05) is 34.0 Å². The molecule has 1 aliphatic rings. The third-order valence-electron chi connectivity index (χ3n) is 3.41. The molecule has 0 spiro atoms. The first-order valence-corrected chi connectivity index (χ1v) is 6.95. The molecule has 0 saturated heterocycles. The van der Waals surface area contributed by atoms with Gasteiger partial charge < -0.3 is 4.79 Å². The highest BCUT2D eigenvalue weighted by molar-refractivity contribution is 9.10. The largest absolute Gasteiger partial charge is 0.303 e. The van der Waals surface area contributed by atoms with E-state index in [4.69, 9.17) is 0 Å². The van der Waals surface area contributed by atoms with E-state index in [-0.39, 0.29) is 24.8 Å². The minimum absolute atomic E-state index is 0.118. The monoisotopic (exact) mass is 331 g/mol. The van der Waals surface area contributed by atoms with Crippen LogP contribution in [0.4, 0.5) is 0 Å². The molecule has 2 amide bonds. The molecule has 0 unspecified atom stereocenters. The Morgan fingerprint density at radius 3 is 2.45 bits per heavy atom. The summed E-state index contributed by atoms with van der Waals surface area (Å²) in [6.45, 7) is 0.118. The van der Waals surface area contributed by atoms with Crippen LogP contribution in [0.15, 0.2) is 34.8 Å². The van der Waals surface area contributed by atoms with Crippen molar-refractivity contribution in [3.8, 4) is 0 Å². The lowest BCUT2D eigenvalue weighted by Crippen LogP contribution is -2.41. The number of imide groups is 1. The van der Waals surface area contributed by atoms with Gasteiger partial charge >= 0.3 is 0 Å². The van der Waals surface area contributed by atoms with Gasteiger partial charge in [-0.1, -0.05) is 28.1 Å². The van der Waals surface area contributed by atoms with Crippen LogP contribution >= 0.6 is 15.9 Å². The van der Waals surface area contributed by atoms with Crippen molar-refractivity contribution >= 4 is 44.8 Å². The third kappa shape index (κ3) is 1.78. The Morgan fingerprint density at radius 1 is 1.05 bits per heavy atom. The second-order valence-electron chi connectivity index (χ2n) is 4.54. The molecule has 1 aliphatic heterocycles. The van der Waals surface area contributed by atoms with Gasteiger partial charge in [-0.15, -0.1) is 0 Å². The number of benzene rings is 2. The van der Waals surface area contributed by atoms with Gasteiger partial charge in [-0.2, -0.15) is 0 Å². The summed E-state index contributed by atoms with van der Waals surface area (Å²) in [6, 6.07) is 8.87. The van der Waals surface area contributed by atoms with Crippen LogP contribution in [0, 0.1) is 0 Å². The van der Waals surface area contributed by atoms with Crippen molar-refractivity contribution in [1.29, 1.82) is 0 Å². The van der Waals surface area contributed by atoms with Crippen molar-refractivity contribution in [2.75, 3.05) is 6.54 Å². The van der Waals surface area contributed by atoms with Crippen molar-refractivity contribution in [3.05, 3.63) is 45.9 Å². The first-order valence-electron chi connectivity index (χ1n) is 6.16. The lowest BCUT2D eigenvalue weighted by molar-refractivity contribution is -0.107. The highest BCUT2D eigenvalue weighted by atomic mass is 79.9. The first-order chi connectivity index (χ1) is 9.65. The molecular formula is C15H10BrNO3. The smallest absolute Gasteiger partial charge is 0.261 e. The molecule has 2 aromatic rings. The van der Waals surface area contributed by atoms with E-state index in [2.05, 4.69) is 15.9 Å². The highest BCUT2D eigenvalue weighted by Crippen LogP contribution is 2.34. The Labute approximate surface area is 123 Å². The van der Waals surface area contributed by atoms with Gasteiger partial charge in [-0.3, -0.25) is 14.5 Å². The Kier molecular flexibility index (Phi) is 3.14. The SMILES string of the molecule is O=CCCN1C(=O)c2cccc3c(Br)ccc(c23)C1=O. The normalized spacial score (nSPS) is 13.9. The van der Waals surface area contributed by atoms with Gasteiger partial charge in [-0.25, -0.2) is 0 Å². The predicted molar refractivity (Wildman–Crippen MR) is 77.7 cm³/mol. The third-order valence-corrected chi connectivity index (χ3v) is 4.10. The maximum absolute atomic E-state index is 12.4. The van der Waals surface area contributed by atoms with E-state index < -0.39 is 0 Å². The molecule has 0 saturated carbocycles. The van der Waals surface area contributed by atoms with Gasteiger partial charge in [0.25, 0.3) is 11.8 Å². The van der Waals surface area contributed by atoms with E-state index >= 15 is 0 Å². The minimum atomic E-state index is -0.340. The van der Waals surface area contributed by atoms with E-state index in [0.29, 0.717) is 22.8 Å². The van der Waals surface area contributed by atoms with Crippen LogP contribution in [-0.4, -0.2) is 29.5 Å². The molecule has 0 radical (unpaired) electrons. The number of amides is 2. The molecule has 0 bridgehead atoms. The average Bonchev–Trinajstić information content (AvgIpc) is 2.46. The second-order valence-corrected chi connectivity index (χ2v) is 5.39. The molecule has 0 fully saturated rings. The topological polar surface area (TPSA) is 54.5 Å². The zero-order valence-electron chi connectivity index (χ0n) is 10.4. The summed E-state index contributed by atoms with van der Waals surface area (Å²) in [5, 5.41) is 1.52. The molecule has 3 rings (SSSR count). The number of hydrogen-bond donors (Lipinski definition) is 0. The van der Waals surface area contributed by atoms with E-state index in [9.17, 15) is 14.4 Å². The fraction of sp³-hybridized carbons (Fsp3) is 0.133. The van der Waals surface area contributed by atoms with Gasteiger partial charge in [0.1, 0.15) is 6.29 Å². The number of nitrogens with zero attached hydrogens (tertiary/aromatic N) is 1. The van der Waals surface area contributed by atoms with E-state index in [1.807, 2.05) is 6.07 Å². The van der Waals surface area contributed by atoms with Crippen LogP contribution in [0.2, 0.25) is 0 Å². The molecule has 5 heteroatoms. The van der Waals surface area contributed by atoms with Crippen molar-refractivity contribution in [1.82, 2.24) is 4.90 Å². The summed E-state index contributed by atoms with van der Waals surface area (Å²) in [5.74, 6) is -0.680. The molecule has 20 heavy (non-hydrogen) atoms. The van der Waals surface area contributed by atoms with Crippen molar-refractivity contribution in [2.45, 2.75) is 6.42 Å². The molecule has 4 nitrogen and oxygen atoms in total. The van der Waals surface area contributed by atoms with Gasteiger partial charge in [0.2, 0.25) is 0 Å². The van der Waals surface area contributed by atoms with E-state index in [1.165, 1.54) is 0 Å². The van der Waals surface area contributed by atoms with Crippen LogP contribution < -0.4 is 0 Å². The Balaban J connectivity index is 2.25. The average molecular weight is 332 g/mol. The summed E-state index contributed by atoms with van der Waals surface area (Å²) >= 11 is 3.43. The fourth-order valence-corrected chi connectivity index (χ4v) is 2.96. The number of carbonyl (C=O) groups is 3. The lowest BCUT2D eigenvalue weighted by Gasteiger charge is -2.26. The molecule has 100 valence electrons. The molecule has 1 heterocycles. The fourth-order valence-electron chi connectivity index (χ4n) is 2.50. The summed E-state index contributed by atoms with van der Waals surface area (Å²) in [5.41, 5.74) is 1.01. The number of rotatable bonds is 3. The van der Waals surface area contributed by atoms with Crippen LogP contribution in [0.5, 0.6) is 0 Å². The number of carbonyl (C=O) groups excluding carboxylic acids is 3. The van der Waals surface area contributed by atoms with Gasteiger partial charge in [-0.05, 0) is 23.6 Å². The number of halogens is 1. The minimum Gasteiger partial charge on any atom is -0.303 e. The predicted octanol–water partition coefficient (Wildman–Crippen LogP) is 2.79. The van der Waals surface area contributed by atoms with Crippen LogP contribution in [0.25, 0.3) is 10.8 Å². The Hall–Kier alpha value is -2.01. The maximum Gasteiger partial charge on any atom is 0.261 e. The standard InChI is InChI=1S/C15H10BrNO3/c16-12-6-5-11-13-9(12)3-1-4-10(13)14(19)17(15(11)20)7-2-8-18/h1,3-6,8H,2,7H2. The maximum atomic E-state index is 12.4. The van der Waals surface area contributed by atoms with Crippen LogP contribution in [0.3, 0.4) is 0 Å². The van der Waals surface area contributed by atoms with Crippen molar-refractivity contribution in [3.63, 3.8) is 0 Å². The second kappa shape index (κ2) is 4.83. The number of aldehydes is 1. The molecule has 2 aromatic carbocycles.